The number of amides is 10. The second-order valence-corrected chi connectivity index (χ2v) is 27.1. The number of ether oxygens (including phenoxy) is 10. The molecule has 0 saturated heterocycles. The fourth-order valence-corrected chi connectivity index (χ4v) is 13.1. The normalized spacial score (nSPS) is 16.5. The average Bonchev–Trinajstić information content (AvgIpc) is 1.59. The van der Waals surface area contributed by atoms with Crippen molar-refractivity contribution in [3.63, 3.8) is 0 Å². The highest BCUT2D eigenvalue weighted by Gasteiger charge is 2.50. The zero-order valence-electron chi connectivity index (χ0n) is 62.6. The van der Waals surface area contributed by atoms with Gasteiger partial charge in [-0.1, -0.05) is 49.6 Å². The number of halogens is 1. The lowest BCUT2D eigenvalue weighted by molar-refractivity contribution is -0.173. The van der Waals surface area contributed by atoms with Crippen LogP contribution in [0.4, 0.5) is 4.39 Å². The van der Waals surface area contributed by atoms with Crippen LogP contribution in [0.5, 0.6) is 0 Å². The van der Waals surface area contributed by atoms with Crippen molar-refractivity contribution < 1.29 is 110 Å². The number of pyridine rings is 2. The Morgan fingerprint density at radius 3 is 1.87 bits per heavy atom. The van der Waals surface area contributed by atoms with E-state index in [1.54, 1.807) is 50.4 Å². The van der Waals surface area contributed by atoms with E-state index in [-0.39, 0.29) is 95.2 Å². The Bertz CT molecular complexity index is 4010. The summed E-state index contributed by atoms with van der Waals surface area (Å²) in [5, 5.41) is 33.2. The van der Waals surface area contributed by atoms with E-state index in [1.807, 2.05) is 0 Å². The van der Waals surface area contributed by atoms with Crippen molar-refractivity contribution in [2.45, 2.75) is 121 Å². The molecule has 9 N–H and O–H groups in total. The maximum absolute atomic E-state index is 15.6. The number of aryl methyl sites for hydroxylation is 1. The molecule has 3 aliphatic heterocycles. The Labute approximate surface area is 640 Å². The molecule has 111 heavy (non-hydrogen) atoms. The number of cyclic esters (lactones) is 1. The number of carbonyl (C=O) groups is 11. The van der Waals surface area contributed by atoms with Gasteiger partial charge < -0.3 is 99.6 Å². The largest absolute Gasteiger partial charge is 0.458 e. The Kier molecular flexibility index (Phi) is 33.8. The van der Waals surface area contributed by atoms with Crippen LogP contribution in [-0.4, -0.2) is 249 Å². The first-order valence-corrected chi connectivity index (χ1v) is 37.5. The zero-order valence-corrected chi connectivity index (χ0v) is 62.6. The maximum Gasteiger partial charge on any atom is 0.343 e. The summed E-state index contributed by atoms with van der Waals surface area (Å²) in [5.74, 6) is -7.41. The van der Waals surface area contributed by atoms with Crippen LogP contribution in [0.15, 0.2) is 59.4 Å². The second kappa shape index (κ2) is 43.9. The zero-order chi connectivity index (χ0) is 79.1. The molecule has 5 aliphatic rings. The Hall–Kier alpha value is -9.56. The molecule has 0 radical (unpaired) electrons. The number of nitrogens with zero attached hydrogens (tertiary/aromatic N) is 3. The lowest BCUT2D eigenvalue weighted by atomic mass is 9.81. The molecular weight excluding hydrogens is 1450 g/mol. The Morgan fingerprint density at radius 2 is 1.23 bits per heavy atom. The van der Waals surface area contributed by atoms with Gasteiger partial charge in [-0.05, 0) is 79.7 Å². The van der Waals surface area contributed by atoms with Crippen molar-refractivity contribution >= 4 is 75.9 Å². The minimum Gasteiger partial charge on any atom is -0.458 e. The van der Waals surface area contributed by atoms with Gasteiger partial charge in [-0.3, -0.25) is 57.6 Å². The fraction of sp³-hybridized carbons (Fsp3) is 0.566. The lowest BCUT2D eigenvalue weighted by Crippen LogP contribution is -2.52. The third kappa shape index (κ3) is 25.7. The molecule has 10 amide bonds. The van der Waals surface area contributed by atoms with Crippen molar-refractivity contribution in [2.24, 2.45) is 5.92 Å². The number of fused-ring (bicyclic) bond motifs is 5. The fourth-order valence-electron chi connectivity index (χ4n) is 13.1. The van der Waals surface area contributed by atoms with Gasteiger partial charge in [-0.25, -0.2) is 14.2 Å². The van der Waals surface area contributed by atoms with E-state index in [0.717, 1.165) is 17.7 Å². The molecule has 604 valence electrons. The van der Waals surface area contributed by atoms with E-state index in [9.17, 15) is 62.6 Å². The number of esters is 1. The second-order valence-electron chi connectivity index (χ2n) is 27.1. The monoisotopic (exact) mass is 1550 g/mol. The Morgan fingerprint density at radius 1 is 0.631 bits per heavy atom. The standard InChI is InChI=1S/C76H100FN11O23/c1-48-51-14-15-56(70-52-44-88-60(71(52)86-58(69(51)70)39-55(48)77)38-54-53(74(88)99)45-111-75(100)76(54,101)40-50-12-13-50)83-66(94)46-110-47-82-64(92)42-81-73(98)59(37-49-9-5-3-6-10-49)85-65(93)43-80-63(91)41-79-61(89)17-16-57(84-62(90)11-7-4-8-21-87-67(95)18-19-68(87)96)72(97)78-20-22-103-25-26-105-29-30-107-33-34-109-36-35-108-32-31-106-28-27-104-24-23-102-2/h3,5-6,9-10,18-19,38-39,50,56-57,59,101H,4,7-8,11-17,20-37,40-47H2,1-2H3,(H,78,97)(H,79,89)(H,80,91)(H,81,98)(H,82,92)(H,83,94)(H,84,90)(H,85,93)/t56-,57-,59-,76-/m0/s1. The van der Waals surface area contributed by atoms with Crippen molar-refractivity contribution in [2.75, 3.05) is 152 Å². The highest BCUT2D eigenvalue weighted by Crippen LogP contribution is 2.48. The summed E-state index contributed by atoms with van der Waals surface area (Å²) in [6, 6.07) is 8.48. The summed E-state index contributed by atoms with van der Waals surface area (Å²) in [6.45, 7) is 4.57. The molecule has 2 aliphatic carbocycles. The lowest BCUT2D eigenvalue weighted by Gasteiger charge is -2.32. The molecule has 1 saturated carbocycles. The van der Waals surface area contributed by atoms with Crippen molar-refractivity contribution in [3.05, 3.63) is 110 Å². The molecule has 0 spiro atoms. The van der Waals surface area contributed by atoms with Crippen molar-refractivity contribution in [3.8, 4) is 11.4 Å². The van der Waals surface area contributed by atoms with Crippen LogP contribution in [-0.2, 0) is 132 Å². The molecule has 2 aromatic heterocycles. The number of aliphatic hydroxyl groups is 1. The van der Waals surface area contributed by atoms with Crippen LogP contribution < -0.4 is 48.1 Å². The molecule has 2 aromatic carbocycles. The number of hydrogen-bond donors (Lipinski definition) is 9. The van der Waals surface area contributed by atoms with Gasteiger partial charge in [0.1, 0.15) is 37.8 Å². The number of hydrogen-bond acceptors (Lipinski definition) is 24. The van der Waals surface area contributed by atoms with E-state index >= 15 is 4.39 Å². The van der Waals surface area contributed by atoms with Gasteiger partial charge in [0.15, 0.2) is 5.60 Å². The van der Waals surface area contributed by atoms with Crippen LogP contribution in [0.3, 0.4) is 0 Å². The predicted octanol–water partition coefficient (Wildman–Crippen LogP) is -0.184. The van der Waals surface area contributed by atoms with Crippen LogP contribution >= 0.6 is 0 Å². The summed E-state index contributed by atoms with van der Waals surface area (Å²) >= 11 is 0. The number of methoxy groups -OCH3 is 1. The average molecular weight is 1550 g/mol. The van der Waals surface area contributed by atoms with E-state index in [0.29, 0.717) is 161 Å². The molecule has 1 fully saturated rings. The van der Waals surface area contributed by atoms with Crippen LogP contribution in [0, 0.1) is 18.7 Å². The van der Waals surface area contributed by atoms with Gasteiger partial charge in [0.2, 0.25) is 47.3 Å². The molecule has 5 heterocycles. The van der Waals surface area contributed by atoms with Crippen LogP contribution in [0.2, 0.25) is 0 Å². The number of carbonyl (C=O) groups excluding carboxylic acids is 11. The minimum absolute atomic E-state index is 0.000389. The Balaban J connectivity index is 0.666. The van der Waals surface area contributed by atoms with Gasteiger partial charge in [-0.15, -0.1) is 0 Å². The first kappa shape index (κ1) is 85.4. The van der Waals surface area contributed by atoms with Crippen LogP contribution in [0.25, 0.3) is 22.3 Å². The summed E-state index contributed by atoms with van der Waals surface area (Å²) in [5.41, 5.74) is 1.84. The minimum atomic E-state index is -2.03. The van der Waals surface area contributed by atoms with Gasteiger partial charge in [0.05, 0.1) is 154 Å². The smallest absolute Gasteiger partial charge is 0.343 e. The van der Waals surface area contributed by atoms with E-state index in [2.05, 4.69) is 42.5 Å². The molecule has 0 unspecified atom stereocenters. The topological polar surface area (TPSA) is 435 Å². The number of nitrogens with one attached hydrogen (secondary N) is 8. The highest BCUT2D eigenvalue weighted by molar-refractivity contribution is 6.13. The molecular formula is C76H100FN11O23. The molecule has 35 heteroatoms. The summed E-state index contributed by atoms with van der Waals surface area (Å²) in [6.07, 6.45) is 5.66. The third-order valence-corrected chi connectivity index (χ3v) is 19.0. The summed E-state index contributed by atoms with van der Waals surface area (Å²) in [4.78, 5) is 163. The van der Waals surface area contributed by atoms with Crippen LogP contribution in [0.1, 0.15) is 109 Å². The molecule has 4 atom stereocenters. The van der Waals surface area contributed by atoms with Gasteiger partial charge in [0.25, 0.3) is 17.4 Å². The molecule has 34 nitrogen and oxygen atoms in total. The number of benzene rings is 2. The number of aromatic nitrogens is 2. The predicted molar refractivity (Wildman–Crippen MR) is 392 cm³/mol. The van der Waals surface area contributed by atoms with Gasteiger partial charge >= 0.3 is 5.97 Å². The summed E-state index contributed by atoms with van der Waals surface area (Å²) in [7, 11) is 1.61. The van der Waals surface area contributed by atoms with Crippen molar-refractivity contribution in [1.82, 2.24) is 57.0 Å². The van der Waals surface area contributed by atoms with Gasteiger partial charge in [0, 0.05) is 74.2 Å². The molecule has 9 rings (SSSR count). The maximum atomic E-state index is 15.6. The third-order valence-electron chi connectivity index (χ3n) is 19.0. The van der Waals surface area contributed by atoms with Crippen molar-refractivity contribution in [1.29, 1.82) is 0 Å². The van der Waals surface area contributed by atoms with Gasteiger partial charge in [-0.2, -0.15) is 0 Å². The number of imide groups is 1. The van der Waals surface area contributed by atoms with E-state index < -0.39 is 133 Å². The summed E-state index contributed by atoms with van der Waals surface area (Å²) < 4.78 is 71.2. The van der Waals surface area contributed by atoms with E-state index in [4.69, 9.17) is 52.4 Å². The first-order valence-electron chi connectivity index (χ1n) is 37.5. The molecule has 0 bridgehead atoms. The van der Waals surface area contributed by atoms with E-state index in [1.165, 1.54) is 22.8 Å². The highest BCUT2D eigenvalue weighted by atomic mass is 19.1. The quantitative estimate of drug-likeness (QED) is 0.0105. The number of unbranched alkanes of at least 4 members (excludes halogenated alkanes) is 2. The molecule has 4 aromatic rings. The first-order chi connectivity index (χ1) is 53.7. The number of rotatable bonds is 52. The SMILES string of the molecule is COCCOCCOCCOCCOCCOCCOCCOCCNC(=O)[C@H](CCC(=O)NCC(=O)NCC(=O)N[C@@H](Cc1ccccc1)C(=O)NCC(=O)NCOCC(=O)N[C@H]1CCc2c(C)c(F)cc3nc4c(c1c23)Cn1c-4cc2c(c1=O)COC(=O)[C@]2(O)CC1CC1)NC(=O)CCCCCN1C(=O)C=CC1=O.